The second-order valence-corrected chi connectivity index (χ2v) is 4.97. The summed E-state index contributed by atoms with van der Waals surface area (Å²) in [4.78, 5) is 1.23. The van der Waals surface area contributed by atoms with E-state index in [9.17, 15) is 5.11 Å². The van der Waals surface area contributed by atoms with E-state index in [2.05, 4.69) is 13.0 Å². The van der Waals surface area contributed by atoms with E-state index in [0.717, 1.165) is 10.8 Å². The number of aryl methyl sites for hydroxylation is 1. The van der Waals surface area contributed by atoms with Crippen LogP contribution in [0.15, 0.2) is 36.4 Å². The minimum Gasteiger partial charge on any atom is -0.507 e. The van der Waals surface area contributed by atoms with Crippen LogP contribution in [0.2, 0.25) is 0 Å². The minimum atomic E-state index is 0.382. The maximum atomic E-state index is 9.89. The van der Waals surface area contributed by atoms with Crippen LogP contribution in [0, 0.1) is 6.92 Å². The van der Waals surface area contributed by atoms with Crippen molar-refractivity contribution >= 4 is 32.2 Å². The van der Waals surface area contributed by atoms with Crippen LogP contribution < -0.4 is 0 Å². The van der Waals surface area contributed by atoms with E-state index in [0.29, 0.717) is 5.75 Å². The molecule has 1 nitrogen and oxygen atoms in total. The van der Waals surface area contributed by atoms with Gasteiger partial charge in [0.1, 0.15) is 5.75 Å². The van der Waals surface area contributed by atoms with Crippen molar-refractivity contribution in [3.05, 3.63) is 41.3 Å². The molecule has 0 radical (unpaired) electrons. The van der Waals surface area contributed by atoms with E-state index >= 15 is 0 Å². The Bertz CT molecular complexity index is 652. The second kappa shape index (κ2) is 2.97. The Morgan fingerprint density at radius 2 is 1.87 bits per heavy atom. The molecular weight excluding hydrogens is 204 g/mol. The molecule has 1 aromatic heterocycles. The van der Waals surface area contributed by atoms with Gasteiger partial charge in [0.25, 0.3) is 0 Å². The minimum absolute atomic E-state index is 0.382. The fourth-order valence-corrected chi connectivity index (χ4v) is 3.03. The Labute approximate surface area is 91.6 Å². The summed E-state index contributed by atoms with van der Waals surface area (Å²) in [5, 5.41) is 13.2. The molecule has 74 valence electrons. The number of benzene rings is 2. The molecule has 0 bridgehead atoms. The molecule has 1 heterocycles. The van der Waals surface area contributed by atoms with E-state index in [1.165, 1.54) is 15.0 Å². The Kier molecular flexibility index (Phi) is 1.73. The molecule has 0 spiro atoms. The molecule has 0 saturated carbocycles. The summed E-state index contributed by atoms with van der Waals surface area (Å²) >= 11 is 1.74. The molecule has 3 aromatic rings. The number of thiophene rings is 1. The summed E-state index contributed by atoms with van der Waals surface area (Å²) in [6.07, 6.45) is 0. The van der Waals surface area contributed by atoms with Gasteiger partial charge in [-0.1, -0.05) is 24.3 Å². The molecule has 1 N–H and O–H groups in total. The molecule has 0 unspecified atom stereocenters. The van der Waals surface area contributed by atoms with Crippen LogP contribution >= 0.6 is 11.3 Å². The molecule has 2 heteroatoms. The summed E-state index contributed by atoms with van der Waals surface area (Å²) in [5.74, 6) is 0.382. The molecular formula is C13H10OS. The zero-order valence-corrected chi connectivity index (χ0v) is 9.14. The lowest BCUT2D eigenvalue weighted by Gasteiger charge is -2.01. The van der Waals surface area contributed by atoms with Crippen LogP contribution in [0.1, 0.15) is 4.88 Å². The number of hydrogen-bond acceptors (Lipinski definition) is 2. The van der Waals surface area contributed by atoms with Gasteiger partial charge in [-0.3, -0.25) is 0 Å². The van der Waals surface area contributed by atoms with E-state index in [1.54, 1.807) is 11.3 Å². The zero-order chi connectivity index (χ0) is 10.4. The van der Waals surface area contributed by atoms with E-state index in [-0.39, 0.29) is 0 Å². The standard InChI is InChI=1S/C13H10OS/c1-8-6-11-12(14)7-9-4-2-3-5-10(9)13(11)15-8/h2-7,14H,1H3. The fraction of sp³-hybridized carbons (Fsp3) is 0.0769. The third kappa shape index (κ3) is 1.22. The summed E-state index contributed by atoms with van der Waals surface area (Å²) in [5.41, 5.74) is 0. The van der Waals surface area contributed by atoms with Crippen LogP contribution in [-0.2, 0) is 0 Å². The van der Waals surface area contributed by atoms with Gasteiger partial charge in [0.2, 0.25) is 0 Å². The first-order valence-corrected chi connectivity index (χ1v) is 5.68. The topological polar surface area (TPSA) is 20.2 Å². The van der Waals surface area contributed by atoms with Crippen LogP contribution in [0.25, 0.3) is 20.9 Å². The maximum absolute atomic E-state index is 9.89. The molecule has 0 aliphatic heterocycles. The van der Waals surface area contributed by atoms with Crippen LogP contribution in [0.5, 0.6) is 5.75 Å². The van der Waals surface area contributed by atoms with Gasteiger partial charge in [-0.2, -0.15) is 0 Å². The van der Waals surface area contributed by atoms with Crippen molar-refractivity contribution in [2.45, 2.75) is 6.92 Å². The van der Waals surface area contributed by atoms with Crippen molar-refractivity contribution in [3.63, 3.8) is 0 Å². The molecule has 2 aromatic carbocycles. The number of aromatic hydroxyl groups is 1. The lowest BCUT2D eigenvalue weighted by molar-refractivity contribution is 0.482. The first-order chi connectivity index (χ1) is 7.25. The Morgan fingerprint density at radius 1 is 1.07 bits per heavy atom. The van der Waals surface area contributed by atoms with Crippen molar-refractivity contribution in [3.8, 4) is 5.75 Å². The van der Waals surface area contributed by atoms with Gasteiger partial charge in [-0.25, -0.2) is 0 Å². The van der Waals surface area contributed by atoms with E-state index in [4.69, 9.17) is 0 Å². The number of fused-ring (bicyclic) bond motifs is 3. The third-order valence-corrected chi connectivity index (χ3v) is 3.71. The van der Waals surface area contributed by atoms with E-state index < -0.39 is 0 Å². The normalized spacial score (nSPS) is 11.3. The van der Waals surface area contributed by atoms with Gasteiger partial charge in [0.05, 0.1) is 0 Å². The predicted molar refractivity (Wildman–Crippen MR) is 65.7 cm³/mol. The van der Waals surface area contributed by atoms with Gasteiger partial charge in [0.15, 0.2) is 0 Å². The fourth-order valence-electron chi connectivity index (χ4n) is 1.96. The zero-order valence-electron chi connectivity index (χ0n) is 8.32. The van der Waals surface area contributed by atoms with Crippen LogP contribution in [0.4, 0.5) is 0 Å². The number of phenols is 1. The van der Waals surface area contributed by atoms with Gasteiger partial charge in [-0.15, -0.1) is 11.3 Å². The molecule has 0 saturated heterocycles. The summed E-state index contributed by atoms with van der Waals surface area (Å²) in [7, 11) is 0. The maximum Gasteiger partial charge on any atom is 0.124 e. The SMILES string of the molecule is Cc1cc2c(O)cc3ccccc3c2s1. The molecule has 0 aliphatic carbocycles. The highest BCUT2D eigenvalue weighted by molar-refractivity contribution is 7.20. The molecule has 15 heavy (non-hydrogen) atoms. The lowest BCUT2D eigenvalue weighted by Crippen LogP contribution is -1.73. The van der Waals surface area contributed by atoms with Crippen molar-refractivity contribution in [2.24, 2.45) is 0 Å². The molecule has 0 fully saturated rings. The van der Waals surface area contributed by atoms with Crippen molar-refractivity contribution in [1.29, 1.82) is 0 Å². The largest absolute Gasteiger partial charge is 0.507 e. The highest BCUT2D eigenvalue weighted by Gasteiger charge is 2.07. The first-order valence-electron chi connectivity index (χ1n) is 4.86. The molecule has 0 aliphatic rings. The van der Waals surface area contributed by atoms with E-state index in [1.807, 2.05) is 30.3 Å². The Balaban J connectivity index is 2.63. The lowest BCUT2D eigenvalue weighted by atomic mass is 10.1. The third-order valence-electron chi connectivity index (χ3n) is 2.63. The second-order valence-electron chi connectivity index (χ2n) is 3.72. The van der Waals surface area contributed by atoms with Gasteiger partial charge < -0.3 is 5.11 Å². The Hall–Kier alpha value is -1.54. The average Bonchev–Trinajstić information content (AvgIpc) is 2.61. The van der Waals surface area contributed by atoms with Crippen molar-refractivity contribution in [1.82, 2.24) is 0 Å². The highest BCUT2D eigenvalue weighted by Crippen LogP contribution is 2.37. The predicted octanol–water partition coefficient (Wildman–Crippen LogP) is 4.07. The van der Waals surface area contributed by atoms with Crippen LogP contribution in [0.3, 0.4) is 0 Å². The number of phenolic OH excluding ortho intramolecular Hbond substituents is 1. The van der Waals surface area contributed by atoms with Crippen molar-refractivity contribution in [2.75, 3.05) is 0 Å². The smallest absolute Gasteiger partial charge is 0.124 e. The number of hydrogen-bond donors (Lipinski definition) is 1. The molecule has 3 rings (SSSR count). The molecule has 0 atom stereocenters. The van der Waals surface area contributed by atoms with Crippen LogP contribution in [-0.4, -0.2) is 5.11 Å². The number of rotatable bonds is 0. The highest BCUT2D eigenvalue weighted by atomic mass is 32.1. The average molecular weight is 214 g/mol. The van der Waals surface area contributed by atoms with Crippen molar-refractivity contribution < 1.29 is 5.11 Å². The Morgan fingerprint density at radius 3 is 2.73 bits per heavy atom. The quantitative estimate of drug-likeness (QED) is 0.598. The van der Waals surface area contributed by atoms with Gasteiger partial charge in [-0.05, 0) is 29.8 Å². The van der Waals surface area contributed by atoms with Gasteiger partial charge in [0, 0.05) is 15.0 Å². The first kappa shape index (κ1) is 8.74. The summed E-state index contributed by atoms with van der Waals surface area (Å²) < 4.78 is 1.18. The monoisotopic (exact) mass is 214 g/mol. The van der Waals surface area contributed by atoms with Gasteiger partial charge >= 0.3 is 0 Å². The summed E-state index contributed by atoms with van der Waals surface area (Å²) in [6.45, 7) is 2.07. The molecule has 0 amide bonds. The summed E-state index contributed by atoms with van der Waals surface area (Å²) in [6, 6.07) is 12.0.